The van der Waals surface area contributed by atoms with Crippen molar-refractivity contribution in [2.24, 2.45) is 5.92 Å². The van der Waals surface area contributed by atoms with Gasteiger partial charge in [0.05, 0.1) is 7.11 Å². The molecule has 0 spiro atoms. The van der Waals surface area contributed by atoms with Gasteiger partial charge in [-0.25, -0.2) is 9.97 Å². The lowest BCUT2D eigenvalue weighted by Gasteiger charge is -2.26. The van der Waals surface area contributed by atoms with Gasteiger partial charge >= 0.3 is 0 Å². The molecular weight excluding hydrogens is 270 g/mol. The highest BCUT2D eigenvalue weighted by Gasteiger charge is 2.31. The normalized spacial score (nSPS) is 24.8. The summed E-state index contributed by atoms with van der Waals surface area (Å²) in [6, 6.07) is 2.41. The first-order chi connectivity index (χ1) is 7.76. The number of alkyl halides is 1. The summed E-state index contributed by atoms with van der Waals surface area (Å²) < 4.78 is 5.12. The fourth-order valence-electron chi connectivity index (χ4n) is 2.13. The Morgan fingerprint density at radius 1 is 1.56 bits per heavy atom. The molecule has 0 radical (unpaired) electrons. The fraction of sp³-hybridized carbons (Fsp3) is 0.636. The van der Waals surface area contributed by atoms with E-state index >= 15 is 0 Å². The van der Waals surface area contributed by atoms with Crippen LogP contribution in [0.2, 0.25) is 0 Å². The van der Waals surface area contributed by atoms with Crippen molar-refractivity contribution in [3.8, 4) is 5.88 Å². The van der Waals surface area contributed by atoms with Crippen LogP contribution < -0.4 is 9.64 Å². The highest BCUT2D eigenvalue weighted by atomic mass is 79.9. The van der Waals surface area contributed by atoms with Crippen molar-refractivity contribution in [2.75, 3.05) is 23.9 Å². The molecule has 2 atom stereocenters. The van der Waals surface area contributed by atoms with E-state index in [9.17, 15) is 0 Å². The van der Waals surface area contributed by atoms with Crippen molar-refractivity contribution < 1.29 is 4.74 Å². The number of halogens is 1. The number of anilines is 1. The number of rotatable bonds is 3. The summed E-state index contributed by atoms with van der Waals surface area (Å²) in [5, 5.41) is 0.973. The molecule has 1 aromatic rings. The standard InChI is InChI=1S/C11H16BrN3O/c1-8-3-4-15(9(8)6-12)10-5-11(16-2)14-7-13-10/h5,7-9H,3-4,6H2,1-2H3. The summed E-state index contributed by atoms with van der Waals surface area (Å²) >= 11 is 3.57. The first kappa shape index (κ1) is 11.6. The lowest BCUT2D eigenvalue weighted by atomic mass is 10.1. The van der Waals surface area contributed by atoms with E-state index < -0.39 is 0 Å². The number of methoxy groups -OCH3 is 1. The van der Waals surface area contributed by atoms with Crippen molar-refractivity contribution in [3.05, 3.63) is 12.4 Å². The summed E-state index contributed by atoms with van der Waals surface area (Å²) in [7, 11) is 1.63. The molecule has 2 rings (SSSR count). The maximum absolute atomic E-state index is 5.12. The van der Waals surface area contributed by atoms with E-state index in [1.54, 1.807) is 13.4 Å². The Labute approximate surface area is 104 Å². The summed E-state index contributed by atoms with van der Waals surface area (Å²) in [5.74, 6) is 2.28. The Hall–Kier alpha value is -0.840. The topological polar surface area (TPSA) is 38.2 Å². The van der Waals surface area contributed by atoms with Crippen molar-refractivity contribution >= 4 is 21.7 Å². The smallest absolute Gasteiger partial charge is 0.218 e. The van der Waals surface area contributed by atoms with Gasteiger partial charge in [0.25, 0.3) is 0 Å². The van der Waals surface area contributed by atoms with E-state index in [4.69, 9.17) is 4.74 Å². The molecule has 1 saturated heterocycles. The minimum absolute atomic E-state index is 0.514. The Balaban J connectivity index is 2.22. The first-order valence-corrected chi connectivity index (χ1v) is 6.57. The Kier molecular flexibility index (Phi) is 3.63. The van der Waals surface area contributed by atoms with Crippen LogP contribution in [0.5, 0.6) is 5.88 Å². The molecule has 1 aliphatic heterocycles. The zero-order chi connectivity index (χ0) is 11.5. The first-order valence-electron chi connectivity index (χ1n) is 5.45. The second kappa shape index (κ2) is 4.99. The number of hydrogen-bond donors (Lipinski definition) is 0. The van der Waals surface area contributed by atoms with Crippen molar-refractivity contribution in [1.82, 2.24) is 9.97 Å². The minimum atomic E-state index is 0.514. The van der Waals surface area contributed by atoms with Gasteiger partial charge in [-0.05, 0) is 12.3 Å². The number of aromatic nitrogens is 2. The summed E-state index contributed by atoms with van der Waals surface area (Å²) in [4.78, 5) is 10.7. The third-order valence-corrected chi connectivity index (χ3v) is 3.83. The average Bonchev–Trinajstić information content (AvgIpc) is 2.70. The van der Waals surface area contributed by atoms with Gasteiger partial charge in [-0.15, -0.1) is 0 Å². The quantitative estimate of drug-likeness (QED) is 0.798. The second-order valence-electron chi connectivity index (χ2n) is 4.10. The van der Waals surface area contributed by atoms with Gasteiger partial charge in [0.2, 0.25) is 5.88 Å². The third kappa shape index (κ3) is 2.14. The van der Waals surface area contributed by atoms with E-state index in [2.05, 4.69) is 37.7 Å². The number of nitrogens with zero attached hydrogens (tertiary/aromatic N) is 3. The SMILES string of the molecule is COc1cc(N2CCC(C)C2CBr)ncn1. The van der Waals surface area contributed by atoms with Crippen LogP contribution in [0.25, 0.3) is 0 Å². The van der Waals surface area contributed by atoms with Gasteiger partial charge in [0.15, 0.2) is 0 Å². The highest BCUT2D eigenvalue weighted by molar-refractivity contribution is 9.09. The zero-order valence-corrected chi connectivity index (χ0v) is 11.1. The molecule has 0 bridgehead atoms. The fourth-order valence-corrected chi connectivity index (χ4v) is 3.11. The summed E-state index contributed by atoms with van der Waals surface area (Å²) in [6.45, 7) is 3.34. The molecule has 1 aliphatic rings. The Morgan fingerprint density at radius 3 is 3.06 bits per heavy atom. The lowest BCUT2D eigenvalue weighted by molar-refractivity contribution is 0.396. The molecule has 0 aliphatic carbocycles. The molecule has 5 heteroatoms. The molecule has 1 aromatic heterocycles. The van der Waals surface area contributed by atoms with Crippen LogP contribution in [0.15, 0.2) is 12.4 Å². The van der Waals surface area contributed by atoms with E-state index in [0.717, 1.165) is 17.7 Å². The van der Waals surface area contributed by atoms with Crippen LogP contribution in [0.3, 0.4) is 0 Å². The monoisotopic (exact) mass is 285 g/mol. The lowest BCUT2D eigenvalue weighted by Crippen LogP contribution is -2.34. The van der Waals surface area contributed by atoms with Crippen LogP contribution in [0.4, 0.5) is 5.82 Å². The largest absolute Gasteiger partial charge is 0.481 e. The molecule has 4 nitrogen and oxygen atoms in total. The maximum Gasteiger partial charge on any atom is 0.218 e. The Bertz CT molecular complexity index is 361. The van der Waals surface area contributed by atoms with Crippen LogP contribution in [-0.2, 0) is 0 Å². The average molecular weight is 286 g/mol. The van der Waals surface area contributed by atoms with E-state index in [1.165, 1.54) is 6.42 Å². The van der Waals surface area contributed by atoms with Crippen LogP contribution in [0, 0.1) is 5.92 Å². The molecule has 2 unspecified atom stereocenters. The van der Waals surface area contributed by atoms with Crippen LogP contribution in [-0.4, -0.2) is 35.0 Å². The van der Waals surface area contributed by atoms with Gasteiger partial charge in [-0.1, -0.05) is 22.9 Å². The molecule has 0 N–H and O–H groups in total. The van der Waals surface area contributed by atoms with Gasteiger partial charge in [0, 0.05) is 24.0 Å². The predicted octanol–water partition coefficient (Wildman–Crippen LogP) is 2.09. The summed E-state index contributed by atoms with van der Waals surface area (Å²) in [6.07, 6.45) is 2.77. The van der Waals surface area contributed by atoms with E-state index in [0.29, 0.717) is 17.8 Å². The van der Waals surface area contributed by atoms with Crippen molar-refractivity contribution in [1.29, 1.82) is 0 Å². The number of ether oxygens (including phenoxy) is 1. The van der Waals surface area contributed by atoms with Crippen molar-refractivity contribution in [3.63, 3.8) is 0 Å². The predicted molar refractivity (Wildman–Crippen MR) is 67.3 cm³/mol. The van der Waals surface area contributed by atoms with E-state index in [-0.39, 0.29) is 0 Å². The number of hydrogen-bond acceptors (Lipinski definition) is 4. The minimum Gasteiger partial charge on any atom is -0.481 e. The molecule has 0 saturated carbocycles. The highest BCUT2D eigenvalue weighted by Crippen LogP contribution is 2.30. The van der Waals surface area contributed by atoms with Crippen LogP contribution >= 0.6 is 15.9 Å². The molecule has 0 amide bonds. The molecule has 2 heterocycles. The molecule has 88 valence electrons. The summed E-state index contributed by atoms with van der Waals surface area (Å²) in [5.41, 5.74) is 0. The maximum atomic E-state index is 5.12. The molecule has 1 fully saturated rings. The third-order valence-electron chi connectivity index (χ3n) is 3.17. The molecular formula is C11H16BrN3O. The van der Waals surface area contributed by atoms with Gasteiger partial charge < -0.3 is 9.64 Å². The molecule has 16 heavy (non-hydrogen) atoms. The van der Waals surface area contributed by atoms with Crippen molar-refractivity contribution in [2.45, 2.75) is 19.4 Å². The van der Waals surface area contributed by atoms with Gasteiger partial charge in [-0.2, -0.15) is 0 Å². The van der Waals surface area contributed by atoms with Crippen LogP contribution in [0.1, 0.15) is 13.3 Å². The Morgan fingerprint density at radius 2 is 2.38 bits per heavy atom. The van der Waals surface area contributed by atoms with E-state index in [1.807, 2.05) is 6.07 Å². The molecule has 0 aromatic carbocycles. The second-order valence-corrected chi connectivity index (χ2v) is 4.75. The van der Waals surface area contributed by atoms with Gasteiger partial charge in [-0.3, -0.25) is 0 Å². The van der Waals surface area contributed by atoms with Gasteiger partial charge in [0.1, 0.15) is 12.1 Å². The zero-order valence-electron chi connectivity index (χ0n) is 9.56.